The van der Waals surface area contributed by atoms with Gasteiger partial charge in [-0.2, -0.15) is 0 Å². The van der Waals surface area contributed by atoms with Crippen molar-refractivity contribution in [1.29, 1.82) is 0 Å². The predicted octanol–water partition coefficient (Wildman–Crippen LogP) is 1.16. The molecule has 0 N–H and O–H groups in total. The van der Waals surface area contributed by atoms with Gasteiger partial charge in [0.05, 0.1) is 0 Å². The molecule has 0 unspecified atom stereocenters. The molecule has 0 aliphatic carbocycles. The van der Waals surface area contributed by atoms with E-state index in [-0.39, 0.29) is 6.09 Å². The summed E-state index contributed by atoms with van der Waals surface area (Å²) in [6.07, 6.45) is 2.80. The molecule has 6 heteroatoms. The molecule has 0 bridgehead atoms. The molecule has 2 aliphatic heterocycles. The highest BCUT2D eigenvalue weighted by atomic mass is 16.6. The minimum Gasteiger partial charge on any atom is -0.444 e. The van der Waals surface area contributed by atoms with Crippen molar-refractivity contribution in [3.05, 3.63) is 0 Å². The Morgan fingerprint density at radius 3 is 2.10 bits per heavy atom. The van der Waals surface area contributed by atoms with Gasteiger partial charge in [-0.1, -0.05) is 0 Å². The molecule has 6 nitrogen and oxygen atoms in total. The van der Waals surface area contributed by atoms with Crippen LogP contribution in [0, 0.1) is 0 Å². The van der Waals surface area contributed by atoms with Crippen molar-refractivity contribution < 1.29 is 14.3 Å². The second kappa shape index (κ2) is 6.64. The van der Waals surface area contributed by atoms with Crippen LogP contribution in [-0.2, 0) is 9.53 Å². The summed E-state index contributed by atoms with van der Waals surface area (Å²) in [5, 5.41) is 0. The van der Waals surface area contributed by atoms with Crippen LogP contribution in [0.25, 0.3) is 0 Å². The second-order valence-corrected chi connectivity index (χ2v) is 6.88. The Kier molecular flexibility index (Phi) is 5.08. The van der Waals surface area contributed by atoms with Crippen molar-refractivity contribution in [3.8, 4) is 0 Å². The van der Waals surface area contributed by atoms with Crippen LogP contribution < -0.4 is 0 Å². The fourth-order valence-electron chi connectivity index (χ4n) is 2.95. The molecular weight excluding hydrogens is 270 g/mol. The number of piperazine rings is 1. The van der Waals surface area contributed by atoms with E-state index in [1.54, 1.807) is 4.90 Å². The van der Waals surface area contributed by atoms with Gasteiger partial charge in [0.2, 0.25) is 6.41 Å². The topological polar surface area (TPSA) is 53.1 Å². The Balaban J connectivity index is 1.76. The molecular formula is C15H27N3O3. The van der Waals surface area contributed by atoms with E-state index in [4.69, 9.17) is 4.74 Å². The van der Waals surface area contributed by atoms with Crippen molar-refractivity contribution >= 4 is 12.5 Å². The minimum atomic E-state index is -0.435. The Labute approximate surface area is 127 Å². The lowest BCUT2D eigenvalue weighted by Crippen LogP contribution is -2.54. The van der Waals surface area contributed by atoms with Crippen molar-refractivity contribution in [2.45, 2.75) is 45.3 Å². The number of carbonyl (C=O) groups is 2. The molecule has 0 atom stereocenters. The van der Waals surface area contributed by atoms with E-state index >= 15 is 0 Å². The normalized spacial score (nSPS) is 22.2. The van der Waals surface area contributed by atoms with E-state index < -0.39 is 5.60 Å². The van der Waals surface area contributed by atoms with Gasteiger partial charge >= 0.3 is 6.09 Å². The largest absolute Gasteiger partial charge is 0.444 e. The van der Waals surface area contributed by atoms with Gasteiger partial charge in [0.25, 0.3) is 0 Å². The standard InChI is InChI=1S/C15H27N3O3/c1-15(2,3)21-14(20)18-10-8-17(9-11-18)13-4-6-16(12-19)7-5-13/h12-13H,4-11H2,1-3H3. The Morgan fingerprint density at radius 1 is 1.05 bits per heavy atom. The fourth-order valence-corrected chi connectivity index (χ4v) is 2.95. The molecule has 2 aliphatic rings. The van der Waals surface area contributed by atoms with Crippen LogP contribution in [0.2, 0.25) is 0 Å². The number of hydrogen-bond donors (Lipinski definition) is 0. The van der Waals surface area contributed by atoms with Crippen molar-refractivity contribution in [3.63, 3.8) is 0 Å². The maximum absolute atomic E-state index is 12.0. The molecule has 2 saturated heterocycles. The smallest absolute Gasteiger partial charge is 0.410 e. The van der Waals surface area contributed by atoms with E-state index in [0.29, 0.717) is 6.04 Å². The summed E-state index contributed by atoms with van der Waals surface area (Å²) in [7, 11) is 0. The highest BCUT2D eigenvalue weighted by Crippen LogP contribution is 2.18. The van der Waals surface area contributed by atoms with Gasteiger partial charge in [-0.05, 0) is 33.6 Å². The highest BCUT2D eigenvalue weighted by molar-refractivity contribution is 5.68. The van der Waals surface area contributed by atoms with Gasteiger partial charge in [0, 0.05) is 45.3 Å². The summed E-state index contributed by atoms with van der Waals surface area (Å²) >= 11 is 0. The molecule has 2 amide bonds. The molecule has 0 saturated carbocycles. The van der Waals surface area contributed by atoms with E-state index in [2.05, 4.69) is 4.90 Å². The zero-order chi connectivity index (χ0) is 15.5. The van der Waals surface area contributed by atoms with Crippen LogP contribution in [0.1, 0.15) is 33.6 Å². The summed E-state index contributed by atoms with van der Waals surface area (Å²) in [5.41, 5.74) is -0.435. The second-order valence-electron chi connectivity index (χ2n) is 6.88. The maximum Gasteiger partial charge on any atom is 0.410 e. The molecule has 0 aromatic heterocycles. The van der Waals surface area contributed by atoms with Crippen molar-refractivity contribution in [2.75, 3.05) is 39.3 Å². The quantitative estimate of drug-likeness (QED) is 0.718. The molecule has 2 rings (SSSR count). The molecule has 2 fully saturated rings. The maximum atomic E-state index is 12.0. The molecule has 0 aromatic carbocycles. The zero-order valence-electron chi connectivity index (χ0n) is 13.4. The van der Waals surface area contributed by atoms with Crippen molar-refractivity contribution in [1.82, 2.24) is 14.7 Å². The third-order valence-corrected chi connectivity index (χ3v) is 4.13. The van der Waals surface area contributed by atoms with Crippen LogP contribution in [0.4, 0.5) is 4.79 Å². The van der Waals surface area contributed by atoms with Crippen LogP contribution in [0.5, 0.6) is 0 Å². The van der Waals surface area contributed by atoms with Gasteiger partial charge in [-0.3, -0.25) is 9.69 Å². The third kappa shape index (κ3) is 4.59. The first-order valence-corrected chi connectivity index (χ1v) is 7.80. The summed E-state index contributed by atoms with van der Waals surface area (Å²) < 4.78 is 5.41. The number of carbonyl (C=O) groups excluding carboxylic acids is 2. The van der Waals surface area contributed by atoms with Crippen LogP contribution in [0.15, 0.2) is 0 Å². The monoisotopic (exact) mass is 297 g/mol. The van der Waals surface area contributed by atoms with E-state index in [0.717, 1.165) is 58.5 Å². The van der Waals surface area contributed by atoms with Gasteiger partial charge in [0.1, 0.15) is 5.60 Å². The SMILES string of the molecule is CC(C)(C)OC(=O)N1CCN(C2CCN(C=O)CC2)CC1. The van der Waals surface area contributed by atoms with Gasteiger partial charge in [-0.25, -0.2) is 4.79 Å². The molecule has 21 heavy (non-hydrogen) atoms. The average Bonchev–Trinajstić information content (AvgIpc) is 2.46. The lowest BCUT2D eigenvalue weighted by Gasteiger charge is -2.42. The zero-order valence-corrected chi connectivity index (χ0v) is 13.4. The number of nitrogens with zero attached hydrogens (tertiary/aromatic N) is 3. The average molecular weight is 297 g/mol. The number of ether oxygens (including phenoxy) is 1. The summed E-state index contributed by atoms with van der Waals surface area (Å²) in [4.78, 5) is 28.8. The lowest BCUT2D eigenvalue weighted by atomic mass is 10.0. The molecule has 0 spiro atoms. The lowest BCUT2D eigenvalue weighted by molar-refractivity contribution is -0.119. The number of likely N-dealkylation sites (tertiary alicyclic amines) is 1. The van der Waals surface area contributed by atoms with Crippen LogP contribution >= 0.6 is 0 Å². The van der Waals surface area contributed by atoms with Crippen LogP contribution in [0.3, 0.4) is 0 Å². The first kappa shape index (κ1) is 16.1. The number of amides is 2. The van der Waals surface area contributed by atoms with Gasteiger partial charge in [0.15, 0.2) is 0 Å². The van der Waals surface area contributed by atoms with Gasteiger partial charge < -0.3 is 14.5 Å². The minimum absolute atomic E-state index is 0.210. The summed E-state index contributed by atoms with van der Waals surface area (Å²) in [6, 6.07) is 0.544. The Morgan fingerprint density at radius 2 is 1.62 bits per heavy atom. The first-order chi connectivity index (χ1) is 9.89. The fraction of sp³-hybridized carbons (Fsp3) is 0.867. The summed E-state index contributed by atoms with van der Waals surface area (Å²) in [5.74, 6) is 0. The Bertz CT molecular complexity index is 365. The molecule has 0 radical (unpaired) electrons. The first-order valence-electron chi connectivity index (χ1n) is 7.80. The van der Waals surface area contributed by atoms with E-state index in [1.807, 2.05) is 25.7 Å². The number of rotatable bonds is 2. The molecule has 0 aromatic rings. The van der Waals surface area contributed by atoms with Gasteiger partial charge in [-0.15, -0.1) is 0 Å². The van der Waals surface area contributed by atoms with E-state index in [1.165, 1.54) is 0 Å². The highest BCUT2D eigenvalue weighted by Gasteiger charge is 2.30. The third-order valence-electron chi connectivity index (χ3n) is 4.13. The number of hydrogen-bond acceptors (Lipinski definition) is 4. The summed E-state index contributed by atoms with van der Waals surface area (Å²) in [6.45, 7) is 10.6. The van der Waals surface area contributed by atoms with Crippen LogP contribution in [-0.4, -0.2) is 78.1 Å². The molecule has 120 valence electrons. The predicted molar refractivity (Wildman–Crippen MR) is 80.0 cm³/mol. The van der Waals surface area contributed by atoms with E-state index in [9.17, 15) is 9.59 Å². The number of piperidine rings is 1. The van der Waals surface area contributed by atoms with Crippen molar-refractivity contribution in [2.24, 2.45) is 0 Å². The Hall–Kier alpha value is -1.30. The molecule has 2 heterocycles.